The van der Waals surface area contributed by atoms with Gasteiger partial charge in [0.2, 0.25) is 0 Å². The minimum absolute atomic E-state index is 0.192. The first kappa shape index (κ1) is 15.1. The van der Waals surface area contributed by atoms with Crippen LogP contribution in [0.5, 0.6) is 0 Å². The van der Waals surface area contributed by atoms with Gasteiger partial charge >= 0.3 is 0 Å². The van der Waals surface area contributed by atoms with Gasteiger partial charge in [0.1, 0.15) is 0 Å². The topological polar surface area (TPSA) is 15.3 Å². The van der Waals surface area contributed by atoms with Crippen molar-refractivity contribution in [2.75, 3.05) is 27.2 Å². The fraction of sp³-hybridized carbons (Fsp3) is 0.571. The maximum atomic E-state index is 13.7. The number of unbranched alkanes of at least 4 members (excludes halogenated alkanes) is 1. The number of halogens is 2. The first-order valence-electron chi connectivity index (χ1n) is 6.39. The van der Waals surface area contributed by atoms with Crippen LogP contribution in [0.1, 0.15) is 31.4 Å². The molecule has 0 aliphatic rings. The van der Waals surface area contributed by atoms with Crippen LogP contribution in [0, 0.1) is 11.6 Å². The minimum Gasteiger partial charge on any atom is -0.312 e. The van der Waals surface area contributed by atoms with Crippen molar-refractivity contribution in [1.82, 2.24) is 10.2 Å². The summed E-state index contributed by atoms with van der Waals surface area (Å²) in [4.78, 5) is 2.13. The number of likely N-dealkylation sites (N-methyl/N-ethyl adjacent to an activating group) is 2. The Morgan fingerprint density at radius 3 is 2.67 bits per heavy atom. The average molecular weight is 256 g/mol. The number of benzene rings is 1. The maximum absolute atomic E-state index is 13.7. The molecule has 2 nitrogen and oxygen atoms in total. The lowest BCUT2D eigenvalue weighted by atomic mass is 10.1. The van der Waals surface area contributed by atoms with Crippen molar-refractivity contribution in [3.63, 3.8) is 0 Å². The maximum Gasteiger partial charge on any atom is 0.163 e. The summed E-state index contributed by atoms with van der Waals surface area (Å²) in [6.07, 6.45) is 2.24. The summed E-state index contributed by atoms with van der Waals surface area (Å²) in [5, 5.41) is 3.05. The van der Waals surface area contributed by atoms with Crippen LogP contribution >= 0.6 is 0 Å². The second-order valence-corrected chi connectivity index (χ2v) is 4.60. The van der Waals surface area contributed by atoms with Crippen molar-refractivity contribution < 1.29 is 8.78 Å². The molecule has 0 spiro atoms. The van der Waals surface area contributed by atoms with Crippen LogP contribution in [0.2, 0.25) is 0 Å². The first-order chi connectivity index (χ1) is 8.60. The molecule has 0 amide bonds. The predicted molar refractivity (Wildman–Crippen MR) is 70.6 cm³/mol. The predicted octanol–water partition coefficient (Wildman–Crippen LogP) is 2.96. The van der Waals surface area contributed by atoms with Crippen molar-refractivity contribution in [2.24, 2.45) is 0 Å². The Morgan fingerprint density at radius 1 is 1.33 bits per heavy atom. The zero-order valence-corrected chi connectivity index (χ0v) is 11.3. The van der Waals surface area contributed by atoms with Crippen molar-refractivity contribution in [2.45, 2.75) is 25.8 Å². The number of hydrogen-bond donors (Lipinski definition) is 1. The highest BCUT2D eigenvalue weighted by Gasteiger charge is 2.17. The van der Waals surface area contributed by atoms with E-state index in [4.69, 9.17) is 0 Å². The Balaban J connectivity index is 2.74. The molecule has 0 aliphatic heterocycles. The van der Waals surface area contributed by atoms with E-state index in [9.17, 15) is 8.78 Å². The zero-order valence-electron chi connectivity index (χ0n) is 11.3. The summed E-state index contributed by atoms with van der Waals surface area (Å²) < 4.78 is 26.9. The molecule has 1 N–H and O–H groups in total. The standard InChI is InChI=1S/C14H22F2N2/c1-4-5-9-18(3)10-13(17-2)11-7-6-8-12(15)14(11)16/h6-8,13,17H,4-5,9-10H2,1-3H3. The van der Waals surface area contributed by atoms with Gasteiger partial charge in [-0.05, 0) is 33.1 Å². The molecule has 1 aromatic rings. The zero-order chi connectivity index (χ0) is 13.5. The Bertz CT molecular complexity index is 369. The molecular weight excluding hydrogens is 234 g/mol. The van der Waals surface area contributed by atoms with Gasteiger partial charge < -0.3 is 10.2 Å². The molecule has 1 atom stereocenters. The summed E-state index contributed by atoms with van der Waals surface area (Å²) >= 11 is 0. The third-order valence-electron chi connectivity index (χ3n) is 3.09. The van der Waals surface area contributed by atoms with E-state index in [-0.39, 0.29) is 6.04 Å². The minimum atomic E-state index is -0.788. The van der Waals surface area contributed by atoms with Crippen molar-refractivity contribution in [1.29, 1.82) is 0 Å². The van der Waals surface area contributed by atoms with Gasteiger partial charge in [0.25, 0.3) is 0 Å². The SMILES string of the molecule is CCCCN(C)CC(NC)c1cccc(F)c1F. The fourth-order valence-electron chi connectivity index (χ4n) is 1.97. The molecular formula is C14H22F2N2. The second-order valence-electron chi connectivity index (χ2n) is 4.60. The van der Waals surface area contributed by atoms with E-state index in [1.165, 1.54) is 0 Å². The van der Waals surface area contributed by atoms with Crippen LogP contribution in [0.4, 0.5) is 8.78 Å². The van der Waals surface area contributed by atoms with E-state index in [1.807, 2.05) is 7.05 Å². The number of hydrogen-bond acceptors (Lipinski definition) is 2. The third-order valence-corrected chi connectivity index (χ3v) is 3.09. The highest BCUT2D eigenvalue weighted by atomic mass is 19.2. The molecule has 0 aliphatic carbocycles. The molecule has 0 bridgehead atoms. The van der Waals surface area contributed by atoms with E-state index < -0.39 is 11.6 Å². The monoisotopic (exact) mass is 256 g/mol. The summed E-state index contributed by atoms with van der Waals surface area (Å²) in [5.41, 5.74) is 0.390. The van der Waals surface area contributed by atoms with Crippen LogP contribution in [0.25, 0.3) is 0 Å². The van der Waals surface area contributed by atoms with Gasteiger partial charge in [-0.2, -0.15) is 0 Å². The lowest BCUT2D eigenvalue weighted by molar-refractivity contribution is 0.288. The average Bonchev–Trinajstić information content (AvgIpc) is 2.37. The van der Waals surface area contributed by atoms with Crippen LogP contribution in [0.15, 0.2) is 18.2 Å². The van der Waals surface area contributed by atoms with E-state index in [0.29, 0.717) is 12.1 Å². The number of rotatable bonds is 7. The normalized spacial score (nSPS) is 13.0. The summed E-state index contributed by atoms with van der Waals surface area (Å²) in [6.45, 7) is 3.76. The van der Waals surface area contributed by atoms with Gasteiger partial charge in [0.05, 0.1) is 0 Å². The molecule has 0 saturated carbocycles. The van der Waals surface area contributed by atoms with Crippen molar-refractivity contribution in [3.8, 4) is 0 Å². The molecule has 18 heavy (non-hydrogen) atoms. The van der Waals surface area contributed by atoms with Gasteiger partial charge in [0, 0.05) is 18.2 Å². The largest absolute Gasteiger partial charge is 0.312 e. The quantitative estimate of drug-likeness (QED) is 0.807. The molecule has 0 saturated heterocycles. The van der Waals surface area contributed by atoms with Crippen molar-refractivity contribution >= 4 is 0 Å². The van der Waals surface area contributed by atoms with E-state index in [1.54, 1.807) is 19.2 Å². The Hall–Kier alpha value is -1.00. The summed E-state index contributed by atoms with van der Waals surface area (Å²) in [7, 11) is 3.76. The molecule has 0 radical (unpaired) electrons. The smallest absolute Gasteiger partial charge is 0.163 e. The van der Waals surface area contributed by atoms with Crippen LogP contribution < -0.4 is 5.32 Å². The van der Waals surface area contributed by atoms with Crippen LogP contribution in [-0.4, -0.2) is 32.1 Å². The van der Waals surface area contributed by atoms with Crippen LogP contribution in [0.3, 0.4) is 0 Å². The molecule has 0 aromatic heterocycles. The van der Waals surface area contributed by atoms with Gasteiger partial charge in [-0.1, -0.05) is 25.5 Å². The molecule has 1 aromatic carbocycles. The molecule has 0 heterocycles. The number of nitrogens with zero attached hydrogens (tertiary/aromatic N) is 1. The molecule has 0 fully saturated rings. The Labute approximate surface area is 108 Å². The number of nitrogens with one attached hydrogen (secondary N) is 1. The lowest BCUT2D eigenvalue weighted by Crippen LogP contribution is -2.32. The third kappa shape index (κ3) is 4.03. The molecule has 4 heteroatoms. The molecule has 102 valence electrons. The molecule has 1 unspecified atom stereocenters. The van der Waals surface area contributed by atoms with Crippen molar-refractivity contribution in [3.05, 3.63) is 35.4 Å². The fourth-order valence-corrected chi connectivity index (χ4v) is 1.97. The lowest BCUT2D eigenvalue weighted by Gasteiger charge is -2.24. The van der Waals surface area contributed by atoms with Crippen LogP contribution in [-0.2, 0) is 0 Å². The van der Waals surface area contributed by atoms with E-state index in [0.717, 1.165) is 25.5 Å². The Kier molecular flexibility index (Phi) is 6.22. The van der Waals surface area contributed by atoms with Gasteiger partial charge in [-0.25, -0.2) is 8.78 Å². The highest BCUT2D eigenvalue weighted by molar-refractivity contribution is 5.22. The highest BCUT2D eigenvalue weighted by Crippen LogP contribution is 2.19. The van der Waals surface area contributed by atoms with Gasteiger partial charge in [-0.3, -0.25) is 0 Å². The molecule has 1 rings (SSSR count). The first-order valence-corrected chi connectivity index (χ1v) is 6.39. The van der Waals surface area contributed by atoms with E-state index >= 15 is 0 Å². The van der Waals surface area contributed by atoms with E-state index in [2.05, 4.69) is 17.1 Å². The summed E-state index contributed by atoms with van der Waals surface area (Å²) in [6, 6.07) is 4.13. The summed E-state index contributed by atoms with van der Waals surface area (Å²) in [5.74, 6) is -1.54. The second kappa shape index (κ2) is 7.44. The van der Waals surface area contributed by atoms with Gasteiger partial charge in [0.15, 0.2) is 11.6 Å². The van der Waals surface area contributed by atoms with Gasteiger partial charge in [-0.15, -0.1) is 0 Å². The Morgan fingerprint density at radius 2 is 2.06 bits per heavy atom.